The zero-order valence-electron chi connectivity index (χ0n) is 11.1. The highest BCUT2D eigenvalue weighted by Gasteiger charge is 2.13. The summed E-state index contributed by atoms with van der Waals surface area (Å²) in [6, 6.07) is 7.75. The number of aromatic amines is 1. The van der Waals surface area contributed by atoms with Crippen molar-refractivity contribution in [2.75, 3.05) is 6.26 Å². The number of nitrogens with one attached hydrogen (secondary N) is 1. The molecule has 0 fully saturated rings. The van der Waals surface area contributed by atoms with Crippen LogP contribution in [0.25, 0.3) is 22.6 Å². The molecule has 5 nitrogen and oxygen atoms in total. The van der Waals surface area contributed by atoms with Crippen molar-refractivity contribution in [3.8, 4) is 22.6 Å². The van der Waals surface area contributed by atoms with Crippen molar-refractivity contribution < 1.29 is 8.60 Å². The summed E-state index contributed by atoms with van der Waals surface area (Å²) in [7, 11) is -1.26. The van der Waals surface area contributed by atoms with Crippen LogP contribution in [0.1, 0.15) is 0 Å². The van der Waals surface area contributed by atoms with E-state index in [1.54, 1.807) is 30.7 Å². The average Bonchev–Trinajstić information content (AvgIpc) is 2.97. The molecule has 2 heterocycles. The number of H-pyrrole nitrogens is 1. The molecule has 3 rings (SSSR count). The van der Waals surface area contributed by atoms with Gasteiger partial charge in [-0.3, -0.25) is 4.21 Å². The highest BCUT2D eigenvalue weighted by atomic mass is 32.2. The SMILES string of the molecule is CS(=O)c1nccc(-c2[nH]cnc2-c2ccc(F)cc2)n1. The molecule has 7 heteroatoms. The van der Waals surface area contributed by atoms with E-state index in [4.69, 9.17) is 0 Å². The molecule has 0 aliphatic heterocycles. The lowest BCUT2D eigenvalue weighted by Gasteiger charge is -2.03. The summed E-state index contributed by atoms with van der Waals surface area (Å²) < 4.78 is 24.5. The largest absolute Gasteiger partial charge is 0.343 e. The monoisotopic (exact) mass is 302 g/mol. The van der Waals surface area contributed by atoms with Crippen LogP contribution in [0.5, 0.6) is 0 Å². The Hall–Kier alpha value is -2.41. The normalized spacial score (nSPS) is 12.3. The Kier molecular flexibility index (Phi) is 3.57. The van der Waals surface area contributed by atoms with Gasteiger partial charge in [0.1, 0.15) is 5.82 Å². The summed E-state index contributed by atoms with van der Waals surface area (Å²) in [6.45, 7) is 0. The van der Waals surface area contributed by atoms with Gasteiger partial charge in [-0.25, -0.2) is 19.3 Å². The van der Waals surface area contributed by atoms with Crippen LogP contribution in [0.4, 0.5) is 4.39 Å². The Morgan fingerprint density at radius 1 is 1.14 bits per heavy atom. The van der Waals surface area contributed by atoms with Crippen LogP contribution in [-0.2, 0) is 10.8 Å². The molecule has 1 atom stereocenters. The van der Waals surface area contributed by atoms with E-state index < -0.39 is 10.8 Å². The number of hydrogen-bond donors (Lipinski definition) is 1. The molecule has 0 saturated carbocycles. The van der Waals surface area contributed by atoms with Crippen LogP contribution in [0.15, 0.2) is 48.0 Å². The number of aromatic nitrogens is 4. The van der Waals surface area contributed by atoms with Gasteiger partial charge in [0.2, 0.25) is 5.16 Å². The first-order valence-corrected chi connectivity index (χ1v) is 7.67. The zero-order chi connectivity index (χ0) is 14.8. The third-order valence-corrected chi connectivity index (χ3v) is 3.61. The van der Waals surface area contributed by atoms with Gasteiger partial charge in [-0.2, -0.15) is 0 Å². The highest BCUT2D eigenvalue weighted by Crippen LogP contribution is 2.27. The smallest absolute Gasteiger partial charge is 0.218 e. The van der Waals surface area contributed by atoms with Crippen LogP contribution in [0, 0.1) is 5.82 Å². The number of benzene rings is 1. The average molecular weight is 302 g/mol. The number of hydrogen-bond acceptors (Lipinski definition) is 4. The van der Waals surface area contributed by atoms with E-state index in [1.165, 1.54) is 18.4 Å². The van der Waals surface area contributed by atoms with Gasteiger partial charge >= 0.3 is 0 Å². The predicted octanol–water partition coefficient (Wildman–Crippen LogP) is 2.41. The first kappa shape index (κ1) is 13.6. The number of imidazole rings is 1. The van der Waals surface area contributed by atoms with Gasteiger partial charge in [-0.05, 0) is 30.3 Å². The van der Waals surface area contributed by atoms with E-state index >= 15 is 0 Å². The summed E-state index contributed by atoms with van der Waals surface area (Å²) in [6.07, 6.45) is 4.61. The molecule has 2 aromatic heterocycles. The number of nitrogens with zero attached hydrogens (tertiary/aromatic N) is 3. The molecule has 0 spiro atoms. The fourth-order valence-corrected chi connectivity index (χ4v) is 2.37. The van der Waals surface area contributed by atoms with E-state index in [2.05, 4.69) is 19.9 Å². The van der Waals surface area contributed by atoms with Crippen LogP contribution in [0.3, 0.4) is 0 Å². The Labute approximate surface area is 122 Å². The first-order chi connectivity index (χ1) is 10.1. The molecule has 106 valence electrons. The molecule has 0 amide bonds. The maximum atomic E-state index is 13.0. The summed E-state index contributed by atoms with van der Waals surface area (Å²) in [5.41, 5.74) is 2.69. The summed E-state index contributed by atoms with van der Waals surface area (Å²) in [5.74, 6) is -0.304. The first-order valence-electron chi connectivity index (χ1n) is 6.11. The Morgan fingerprint density at radius 3 is 2.62 bits per heavy atom. The standard InChI is InChI=1S/C14H11FN4OS/c1-21(20)14-16-7-6-11(19-14)13-12(17-8-18-13)9-2-4-10(15)5-3-9/h2-8H,1H3,(H,17,18). The molecule has 0 aliphatic carbocycles. The van der Waals surface area contributed by atoms with Crippen molar-refractivity contribution in [2.45, 2.75) is 5.16 Å². The lowest BCUT2D eigenvalue weighted by Crippen LogP contribution is -1.98. The van der Waals surface area contributed by atoms with Crippen LogP contribution in [-0.4, -0.2) is 30.4 Å². The lowest BCUT2D eigenvalue weighted by molar-refractivity contribution is 0.628. The molecule has 0 saturated heterocycles. The van der Waals surface area contributed by atoms with Crippen LogP contribution >= 0.6 is 0 Å². The van der Waals surface area contributed by atoms with E-state index in [0.29, 0.717) is 17.1 Å². The quantitative estimate of drug-likeness (QED) is 0.754. The second-order valence-corrected chi connectivity index (χ2v) is 5.59. The second-order valence-electron chi connectivity index (χ2n) is 4.31. The molecular formula is C14H11FN4OS. The van der Waals surface area contributed by atoms with Crippen LogP contribution < -0.4 is 0 Å². The molecule has 1 N–H and O–H groups in total. The van der Waals surface area contributed by atoms with Gasteiger partial charge < -0.3 is 4.98 Å². The van der Waals surface area contributed by atoms with Crippen molar-refractivity contribution in [1.29, 1.82) is 0 Å². The van der Waals surface area contributed by atoms with Gasteiger partial charge in [-0.1, -0.05) is 0 Å². The van der Waals surface area contributed by atoms with Crippen molar-refractivity contribution in [3.05, 3.63) is 48.7 Å². The molecule has 3 aromatic rings. The minimum atomic E-state index is -1.26. The van der Waals surface area contributed by atoms with Crippen molar-refractivity contribution in [2.24, 2.45) is 0 Å². The van der Waals surface area contributed by atoms with Gasteiger partial charge in [0.25, 0.3) is 0 Å². The minimum Gasteiger partial charge on any atom is -0.343 e. The van der Waals surface area contributed by atoms with E-state index in [9.17, 15) is 8.60 Å². The van der Waals surface area contributed by atoms with Gasteiger partial charge in [0.15, 0.2) is 0 Å². The van der Waals surface area contributed by atoms with Gasteiger partial charge in [0, 0.05) is 18.0 Å². The predicted molar refractivity (Wildman–Crippen MR) is 77.3 cm³/mol. The molecule has 1 aromatic carbocycles. The van der Waals surface area contributed by atoms with Crippen molar-refractivity contribution in [3.63, 3.8) is 0 Å². The second kappa shape index (κ2) is 5.53. The molecule has 0 bridgehead atoms. The van der Waals surface area contributed by atoms with Crippen LogP contribution in [0.2, 0.25) is 0 Å². The van der Waals surface area contributed by atoms with Crippen molar-refractivity contribution in [1.82, 2.24) is 19.9 Å². The molecule has 0 aliphatic rings. The topological polar surface area (TPSA) is 71.5 Å². The van der Waals surface area contributed by atoms with Gasteiger partial charge in [0.05, 0.1) is 34.2 Å². The molecule has 0 radical (unpaired) electrons. The fraction of sp³-hybridized carbons (Fsp3) is 0.0714. The molecular weight excluding hydrogens is 291 g/mol. The molecule has 1 unspecified atom stereocenters. The maximum Gasteiger partial charge on any atom is 0.218 e. The zero-order valence-corrected chi connectivity index (χ0v) is 11.9. The Balaban J connectivity index is 2.08. The third kappa shape index (κ3) is 2.73. The van der Waals surface area contributed by atoms with E-state index in [1.807, 2.05) is 0 Å². The lowest BCUT2D eigenvalue weighted by atomic mass is 10.1. The minimum absolute atomic E-state index is 0.257. The number of rotatable bonds is 3. The Morgan fingerprint density at radius 2 is 1.90 bits per heavy atom. The highest BCUT2D eigenvalue weighted by molar-refractivity contribution is 7.84. The Bertz CT molecular complexity index is 801. The summed E-state index contributed by atoms with van der Waals surface area (Å²) in [4.78, 5) is 15.5. The van der Waals surface area contributed by atoms with Gasteiger partial charge in [-0.15, -0.1) is 0 Å². The summed E-state index contributed by atoms with van der Waals surface area (Å²) >= 11 is 0. The number of halogens is 1. The third-order valence-electron chi connectivity index (χ3n) is 2.90. The summed E-state index contributed by atoms with van der Waals surface area (Å²) in [5, 5.41) is 0.257. The van der Waals surface area contributed by atoms with E-state index in [-0.39, 0.29) is 11.0 Å². The van der Waals surface area contributed by atoms with Crippen molar-refractivity contribution >= 4 is 10.8 Å². The maximum absolute atomic E-state index is 13.0. The van der Waals surface area contributed by atoms with E-state index in [0.717, 1.165) is 5.56 Å². The fourth-order valence-electron chi connectivity index (χ4n) is 1.93. The molecule has 21 heavy (non-hydrogen) atoms.